The number of nitro groups is 2. The summed E-state index contributed by atoms with van der Waals surface area (Å²) in [6.45, 7) is 1.26. The van der Waals surface area contributed by atoms with E-state index in [1.165, 1.54) is 12.1 Å². The highest BCUT2D eigenvalue weighted by atomic mass is 16.6. The molecule has 3 rings (SSSR count). The van der Waals surface area contributed by atoms with Crippen molar-refractivity contribution in [1.29, 1.82) is 0 Å². The Bertz CT molecular complexity index is 971. The Morgan fingerprint density at radius 2 is 1.89 bits per heavy atom. The molecule has 0 aromatic heterocycles. The fourth-order valence-electron chi connectivity index (χ4n) is 2.94. The lowest BCUT2D eigenvalue weighted by Gasteiger charge is -2.09. The third-order valence-corrected chi connectivity index (χ3v) is 4.41. The number of anilines is 1. The van der Waals surface area contributed by atoms with E-state index in [-0.39, 0.29) is 11.4 Å². The number of nitrogens with one attached hydrogen (secondary N) is 1. The topological polar surface area (TPSA) is 140 Å². The van der Waals surface area contributed by atoms with Gasteiger partial charge in [-0.2, -0.15) is 5.10 Å². The highest BCUT2D eigenvalue weighted by molar-refractivity contribution is 6.02. The third-order valence-electron chi connectivity index (χ3n) is 4.41. The standard InChI is InChI=1S/C18H18N6O4/c19-18-7-4-10-22(18)12-16(13-5-2-1-3-6-13)21-20-15-9-8-14(23(25)26)11-17(15)24(27)28/h1-3,5-6,8-9,11,19-20H,4,7,10,12H2/p+1/b21-16+. The summed E-state index contributed by atoms with van der Waals surface area (Å²) in [5.41, 5.74) is 9.52. The fraction of sp³-hybridized carbons (Fsp3) is 0.222. The minimum atomic E-state index is -0.681. The summed E-state index contributed by atoms with van der Waals surface area (Å²) in [5, 5.41) is 26.5. The van der Waals surface area contributed by atoms with Crippen LogP contribution in [0.3, 0.4) is 0 Å². The molecular weight excluding hydrogens is 364 g/mol. The van der Waals surface area contributed by atoms with Crippen LogP contribution in [0.25, 0.3) is 0 Å². The number of nitrogens with two attached hydrogens (primary N) is 1. The van der Waals surface area contributed by atoms with Crippen molar-refractivity contribution < 1.29 is 14.4 Å². The Hall–Kier alpha value is -3.82. The molecule has 10 nitrogen and oxygen atoms in total. The van der Waals surface area contributed by atoms with Crippen LogP contribution in [0.4, 0.5) is 17.1 Å². The third kappa shape index (κ3) is 4.29. The van der Waals surface area contributed by atoms with E-state index in [2.05, 4.69) is 10.5 Å². The summed E-state index contributed by atoms with van der Waals surface area (Å²) >= 11 is 0. The molecule has 10 heteroatoms. The number of nitro benzene ring substituents is 2. The molecule has 0 bridgehead atoms. The van der Waals surface area contributed by atoms with Gasteiger partial charge in [-0.05, 0) is 12.5 Å². The van der Waals surface area contributed by atoms with Crippen LogP contribution in [0.5, 0.6) is 0 Å². The molecule has 0 atom stereocenters. The molecule has 2 aromatic rings. The fourth-order valence-corrected chi connectivity index (χ4v) is 2.94. The Labute approximate surface area is 160 Å². The van der Waals surface area contributed by atoms with Crippen molar-refractivity contribution in [2.75, 3.05) is 18.5 Å². The maximum atomic E-state index is 11.3. The Morgan fingerprint density at radius 1 is 1.14 bits per heavy atom. The van der Waals surface area contributed by atoms with E-state index < -0.39 is 15.5 Å². The summed E-state index contributed by atoms with van der Waals surface area (Å²) in [5.74, 6) is 0.782. The lowest BCUT2D eigenvalue weighted by Crippen LogP contribution is -2.28. The minimum absolute atomic E-state index is 0.0717. The van der Waals surface area contributed by atoms with E-state index in [9.17, 15) is 20.2 Å². The van der Waals surface area contributed by atoms with Crippen molar-refractivity contribution in [3.05, 3.63) is 74.3 Å². The van der Waals surface area contributed by atoms with Crippen LogP contribution in [0.2, 0.25) is 0 Å². The van der Waals surface area contributed by atoms with Gasteiger partial charge < -0.3 is 0 Å². The van der Waals surface area contributed by atoms with E-state index in [1.54, 1.807) is 0 Å². The van der Waals surface area contributed by atoms with E-state index >= 15 is 0 Å². The zero-order chi connectivity index (χ0) is 20.1. The van der Waals surface area contributed by atoms with Crippen LogP contribution in [-0.2, 0) is 0 Å². The van der Waals surface area contributed by atoms with Gasteiger partial charge in [-0.25, -0.2) is 0 Å². The van der Waals surface area contributed by atoms with Crippen LogP contribution in [-0.4, -0.2) is 39.1 Å². The smallest absolute Gasteiger partial charge is 0.291 e. The van der Waals surface area contributed by atoms with Gasteiger partial charge in [-0.1, -0.05) is 30.3 Å². The van der Waals surface area contributed by atoms with Crippen molar-refractivity contribution in [2.24, 2.45) is 10.8 Å². The minimum Gasteiger partial charge on any atom is -0.291 e. The number of hydrazone groups is 1. The zero-order valence-electron chi connectivity index (χ0n) is 14.9. The number of amidine groups is 1. The summed E-state index contributed by atoms with van der Waals surface area (Å²) in [6, 6.07) is 12.8. The van der Waals surface area contributed by atoms with Gasteiger partial charge in [-0.15, -0.1) is 0 Å². The number of benzene rings is 2. The van der Waals surface area contributed by atoms with E-state index in [0.717, 1.165) is 36.9 Å². The number of non-ortho nitro benzene ring substituents is 1. The van der Waals surface area contributed by atoms with Crippen LogP contribution in [0.15, 0.2) is 53.6 Å². The number of hydrogen-bond acceptors (Lipinski definition) is 7. The molecular formula is C18H19N6O4+. The van der Waals surface area contributed by atoms with Gasteiger partial charge in [0.05, 0.1) is 28.9 Å². The first-order valence-electron chi connectivity index (χ1n) is 8.63. The summed E-state index contributed by atoms with van der Waals surface area (Å²) in [6.07, 6.45) is 1.79. The second-order valence-corrected chi connectivity index (χ2v) is 6.27. The molecule has 1 heterocycles. The molecule has 1 aliphatic rings. The van der Waals surface area contributed by atoms with E-state index in [1.807, 2.05) is 34.9 Å². The first-order chi connectivity index (χ1) is 13.5. The van der Waals surface area contributed by atoms with Crippen molar-refractivity contribution in [3.63, 3.8) is 0 Å². The second-order valence-electron chi connectivity index (χ2n) is 6.27. The predicted molar refractivity (Wildman–Crippen MR) is 105 cm³/mol. The van der Waals surface area contributed by atoms with Gasteiger partial charge in [0, 0.05) is 11.6 Å². The van der Waals surface area contributed by atoms with Crippen LogP contribution in [0.1, 0.15) is 18.4 Å². The molecule has 0 amide bonds. The highest BCUT2D eigenvalue weighted by Gasteiger charge is 2.21. The quantitative estimate of drug-likeness (QED) is 0.326. The number of nitrogens with zero attached hydrogens (tertiary/aromatic N) is 4. The Balaban J connectivity index is 1.94. The summed E-state index contributed by atoms with van der Waals surface area (Å²) in [7, 11) is 0. The van der Waals surface area contributed by atoms with Gasteiger partial charge in [-0.3, -0.25) is 36.0 Å². The molecule has 0 spiro atoms. The molecule has 28 heavy (non-hydrogen) atoms. The zero-order valence-corrected chi connectivity index (χ0v) is 14.9. The average Bonchev–Trinajstić information content (AvgIpc) is 3.10. The Morgan fingerprint density at radius 3 is 2.50 bits per heavy atom. The molecule has 0 saturated heterocycles. The molecule has 0 fully saturated rings. The molecule has 3 N–H and O–H groups in total. The molecule has 0 radical (unpaired) electrons. The molecule has 144 valence electrons. The van der Waals surface area contributed by atoms with Gasteiger partial charge in [0.1, 0.15) is 17.9 Å². The maximum Gasteiger partial charge on any atom is 0.301 e. The van der Waals surface area contributed by atoms with Crippen LogP contribution in [0, 0.1) is 20.2 Å². The molecule has 0 unspecified atom stereocenters. The first-order valence-corrected chi connectivity index (χ1v) is 8.63. The monoisotopic (exact) mass is 383 g/mol. The largest absolute Gasteiger partial charge is 0.301 e. The highest BCUT2D eigenvalue weighted by Crippen LogP contribution is 2.29. The van der Waals surface area contributed by atoms with Gasteiger partial charge in [0.25, 0.3) is 5.69 Å². The lowest BCUT2D eigenvalue weighted by atomic mass is 10.1. The maximum absolute atomic E-state index is 11.3. The van der Waals surface area contributed by atoms with Gasteiger partial charge in [0.2, 0.25) is 5.84 Å². The first kappa shape index (κ1) is 19.0. The number of hydrogen-bond donors (Lipinski definition) is 2. The molecule has 0 aliphatic carbocycles. The van der Waals surface area contributed by atoms with E-state index in [0.29, 0.717) is 12.3 Å². The molecule has 0 saturated carbocycles. The van der Waals surface area contributed by atoms with Crippen molar-refractivity contribution in [3.8, 4) is 0 Å². The second kappa shape index (κ2) is 8.25. The van der Waals surface area contributed by atoms with Crippen molar-refractivity contribution >= 4 is 28.6 Å². The van der Waals surface area contributed by atoms with E-state index in [4.69, 9.17) is 5.73 Å². The average molecular weight is 383 g/mol. The van der Waals surface area contributed by atoms with Gasteiger partial charge in [0.15, 0.2) is 0 Å². The van der Waals surface area contributed by atoms with Crippen molar-refractivity contribution in [2.45, 2.75) is 12.8 Å². The SMILES string of the molecule is NC1=[N+](C/C(=N\Nc2ccc([N+](=O)[O-])cc2[N+](=O)[O-])c2ccccc2)CCC1. The van der Waals surface area contributed by atoms with Crippen molar-refractivity contribution in [1.82, 2.24) is 0 Å². The summed E-state index contributed by atoms with van der Waals surface area (Å²) < 4.78 is 2.01. The lowest BCUT2D eigenvalue weighted by molar-refractivity contribution is -0.505. The van der Waals surface area contributed by atoms with Crippen LogP contribution >= 0.6 is 0 Å². The predicted octanol–water partition coefficient (Wildman–Crippen LogP) is 2.48. The molecule has 2 aromatic carbocycles. The van der Waals surface area contributed by atoms with Gasteiger partial charge >= 0.3 is 5.69 Å². The Kier molecular flexibility index (Phi) is 5.58. The normalized spacial score (nSPS) is 14.2. The van der Waals surface area contributed by atoms with Crippen LogP contribution < -0.4 is 11.2 Å². The molecule has 1 aliphatic heterocycles. The summed E-state index contributed by atoms with van der Waals surface area (Å²) in [4.78, 5) is 20.8. The number of rotatable bonds is 7.